The third-order valence-corrected chi connectivity index (χ3v) is 4.53. The predicted octanol–water partition coefficient (Wildman–Crippen LogP) is 4.27. The van der Waals surface area contributed by atoms with Gasteiger partial charge in [-0.2, -0.15) is 0 Å². The van der Waals surface area contributed by atoms with E-state index in [2.05, 4.69) is 10.5 Å². The van der Waals surface area contributed by atoms with Crippen LogP contribution in [-0.2, 0) is 16.1 Å². The van der Waals surface area contributed by atoms with Crippen molar-refractivity contribution in [2.24, 2.45) is 0 Å². The normalized spacial score (nSPS) is 10.5. The van der Waals surface area contributed by atoms with E-state index in [1.807, 2.05) is 26.0 Å². The molecule has 3 rings (SSSR count). The number of nitrogens with zero attached hydrogens (tertiary/aromatic N) is 1. The molecule has 0 aliphatic carbocycles. The van der Waals surface area contributed by atoms with E-state index < -0.39 is 11.9 Å². The summed E-state index contributed by atoms with van der Waals surface area (Å²) in [5, 5.41) is 7.09. The van der Waals surface area contributed by atoms with Gasteiger partial charge in [0, 0.05) is 22.2 Å². The van der Waals surface area contributed by atoms with Crippen molar-refractivity contribution < 1.29 is 28.3 Å². The highest BCUT2D eigenvalue weighted by molar-refractivity contribution is 6.30. The molecule has 8 nitrogen and oxygen atoms in total. The van der Waals surface area contributed by atoms with Gasteiger partial charge in [0.1, 0.15) is 12.2 Å². The van der Waals surface area contributed by atoms with E-state index in [0.717, 1.165) is 5.56 Å². The smallest absolute Gasteiger partial charge is 0.325 e. The second-order valence-electron chi connectivity index (χ2n) is 6.56. The molecule has 0 unspecified atom stereocenters. The molecule has 0 radical (unpaired) electrons. The lowest BCUT2D eigenvalue weighted by Crippen LogP contribution is -2.30. The molecule has 0 spiro atoms. The molecular weight excluding hydrogens is 436 g/mol. The lowest BCUT2D eigenvalue weighted by atomic mass is 10.1. The van der Waals surface area contributed by atoms with Crippen LogP contribution in [0.5, 0.6) is 11.5 Å². The van der Waals surface area contributed by atoms with Crippen LogP contribution < -0.4 is 14.8 Å². The largest absolute Gasteiger partial charge is 0.490 e. The number of carbonyl (C=O) groups is 2. The van der Waals surface area contributed by atoms with Crippen molar-refractivity contribution in [3.63, 3.8) is 0 Å². The van der Waals surface area contributed by atoms with Gasteiger partial charge in [-0.25, -0.2) is 0 Å². The zero-order valence-electron chi connectivity index (χ0n) is 17.7. The number of hydrogen-bond donors (Lipinski definition) is 1. The first kappa shape index (κ1) is 23.1. The van der Waals surface area contributed by atoms with Gasteiger partial charge in [0.05, 0.1) is 13.2 Å². The molecule has 1 amide bonds. The van der Waals surface area contributed by atoms with E-state index in [-0.39, 0.29) is 13.2 Å². The summed E-state index contributed by atoms with van der Waals surface area (Å²) in [5.41, 5.74) is 1.76. The van der Waals surface area contributed by atoms with Crippen molar-refractivity contribution in [2.75, 3.05) is 19.8 Å². The van der Waals surface area contributed by atoms with Crippen molar-refractivity contribution in [3.05, 3.63) is 64.9 Å². The Morgan fingerprint density at radius 1 is 1.00 bits per heavy atom. The maximum Gasteiger partial charge on any atom is 0.325 e. The summed E-state index contributed by atoms with van der Waals surface area (Å²) in [4.78, 5) is 24.4. The minimum atomic E-state index is -0.612. The first-order valence-corrected chi connectivity index (χ1v) is 10.4. The Balaban J connectivity index is 1.50. The van der Waals surface area contributed by atoms with Gasteiger partial charge in [-0.1, -0.05) is 28.9 Å². The highest BCUT2D eigenvalue weighted by atomic mass is 35.5. The van der Waals surface area contributed by atoms with Crippen molar-refractivity contribution in [3.8, 4) is 22.8 Å². The molecule has 0 saturated heterocycles. The van der Waals surface area contributed by atoms with Gasteiger partial charge in [0.2, 0.25) is 0 Å². The van der Waals surface area contributed by atoms with Crippen LogP contribution in [0.3, 0.4) is 0 Å². The Hall–Kier alpha value is -3.52. The molecule has 0 atom stereocenters. The van der Waals surface area contributed by atoms with Crippen LogP contribution in [0.15, 0.2) is 53.1 Å². The van der Waals surface area contributed by atoms with E-state index in [1.54, 1.807) is 36.4 Å². The number of benzene rings is 2. The molecule has 0 aliphatic rings. The summed E-state index contributed by atoms with van der Waals surface area (Å²) in [7, 11) is 0. The molecule has 1 heterocycles. The minimum Gasteiger partial charge on any atom is -0.490 e. The summed E-state index contributed by atoms with van der Waals surface area (Å²) < 4.78 is 21.3. The summed E-state index contributed by atoms with van der Waals surface area (Å²) in [6.07, 6.45) is 0. The standard InChI is InChI=1S/C23H23ClN2O6/c1-3-29-20-10-7-16(11-21(20)30-4-2)23(28)25-13-22(27)31-14-18-12-19(26-32-18)15-5-8-17(24)9-6-15/h5-12H,3-4,13-14H2,1-2H3,(H,25,28). The zero-order chi connectivity index (χ0) is 22.9. The van der Waals surface area contributed by atoms with Crippen LogP contribution in [0.2, 0.25) is 5.02 Å². The van der Waals surface area contributed by atoms with E-state index in [1.165, 1.54) is 0 Å². The van der Waals surface area contributed by atoms with Crippen molar-refractivity contribution in [2.45, 2.75) is 20.5 Å². The number of hydrogen-bond acceptors (Lipinski definition) is 7. The van der Waals surface area contributed by atoms with Crippen molar-refractivity contribution >= 4 is 23.5 Å². The number of esters is 1. The second-order valence-corrected chi connectivity index (χ2v) is 6.99. The summed E-state index contributed by atoms with van der Waals surface area (Å²) in [6, 6.07) is 13.6. The molecule has 2 aromatic carbocycles. The van der Waals surface area contributed by atoms with E-state index in [4.69, 9.17) is 30.3 Å². The number of aromatic nitrogens is 1. The number of halogens is 1. The lowest BCUT2D eigenvalue weighted by molar-refractivity contribution is -0.144. The monoisotopic (exact) mass is 458 g/mol. The zero-order valence-corrected chi connectivity index (χ0v) is 18.5. The van der Waals surface area contributed by atoms with Gasteiger partial charge in [-0.05, 0) is 44.2 Å². The number of ether oxygens (including phenoxy) is 3. The summed E-state index contributed by atoms with van der Waals surface area (Å²) in [6.45, 7) is 4.20. The van der Waals surface area contributed by atoms with Gasteiger partial charge in [0.15, 0.2) is 23.9 Å². The Labute approximate surface area is 190 Å². The van der Waals surface area contributed by atoms with E-state index >= 15 is 0 Å². The van der Waals surface area contributed by atoms with Crippen LogP contribution in [0, 0.1) is 0 Å². The highest BCUT2D eigenvalue weighted by Crippen LogP contribution is 2.28. The predicted molar refractivity (Wildman–Crippen MR) is 118 cm³/mol. The first-order chi connectivity index (χ1) is 15.5. The van der Waals surface area contributed by atoms with Gasteiger partial charge in [-0.15, -0.1) is 0 Å². The van der Waals surface area contributed by atoms with Gasteiger partial charge in [0.25, 0.3) is 5.91 Å². The third kappa shape index (κ3) is 6.24. The molecule has 32 heavy (non-hydrogen) atoms. The number of amides is 1. The molecule has 0 aliphatic heterocycles. The summed E-state index contributed by atoms with van der Waals surface area (Å²) >= 11 is 5.88. The Bertz CT molecular complexity index is 1060. The number of rotatable bonds is 10. The molecule has 1 aromatic heterocycles. The van der Waals surface area contributed by atoms with Gasteiger partial charge < -0.3 is 24.1 Å². The van der Waals surface area contributed by atoms with Crippen LogP contribution in [0.1, 0.15) is 30.0 Å². The van der Waals surface area contributed by atoms with Gasteiger partial charge >= 0.3 is 5.97 Å². The lowest BCUT2D eigenvalue weighted by Gasteiger charge is -2.12. The van der Waals surface area contributed by atoms with E-state index in [0.29, 0.717) is 46.8 Å². The van der Waals surface area contributed by atoms with Gasteiger partial charge in [-0.3, -0.25) is 9.59 Å². The Kier molecular flexibility index (Phi) is 8.10. The Morgan fingerprint density at radius 3 is 2.44 bits per heavy atom. The number of nitrogens with one attached hydrogen (secondary N) is 1. The molecular formula is C23H23ClN2O6. The molecule has 9 heteroatoms. The first-order valence-electron chi connectivity index (χ1n) is 10.0. The second kappa shape index (κ2) is 11.2. The molecule has 1 N–H and O–H groups in total. The topological polar surface area (TPSA) is 99.9 Å². The molecule has 0 bridgehead atoms. The molecule has 0 saturated carbocycles. The average molecular weight is 459 g/mol. The molecule has 3 aromatic rings. The van der Waals surface area contributed by atoms with Crippen LogP contribution >= 0.6 is 11.6 Å². The number of carbonyl (C=O) groups excluding carboxylic acids is 2. The maximum absolute atomic E-state index is 12.4. The van der Waals surface area contributed by atoms with Crippen LogP contribution in [-0.4, -0.2) is 36.8 Å². The minimum absolute atomic E-state index is 0.104. The fraction of sp³-hybridized carbons (Fsp3) is 0.261. The van der Waals surface area contributed by atoms with Crippen molar-refractivity contribution in [1.82, 2.24) is 10.5 Å². The fourth-order valence-corrected chi connectivity index (χ4v) is 2.91. The Morgan fingerprint density at radius 2 is 1.72 bits per heavy atom. The average Bonchev–Trinajstić information content (AvgIpc) is 3.27. The van der Waals surface area contributed by atoms with Crippen LogP contribution in [0.25, 0.3) is 11.3 Å². The summed E-state index contributed by atoms with van der Waals surface area (Å²) in [5.74, 6) is 0.346. The van der Waals surface area contributed by atoms with Crippen molar-refractivity contribution in [1.29, 1.82) is 0 Å². The quantitative estimate of drug-likeness (QED) is 0.453. The third-order valence-electron chi connectivity index (χ3n) is 4.27. The molecule has 168 valence electrons. The SMILES string of the molecule is CCOc1ccc(C(=O)NCC(=O)OCc2cc(-c3ccc(Cl)cc3)no2)cc1OCC. The maximum atomic E-state index is 12.4. The molecule has 0 fully saturated rings. The van der Waals surface area contributed by atoms with E-state index in [9.17, 15) is 9.59 Å². The fourth-order valence-electron chi connectivity index (χ4n) is 2.79. The highest BCUT2D eigenvalue weighted by Gasteiger charge is 2.14. The van der Waals surface area contributed by atoms with Crippen LogP contribution in [0.4, 0.5) is 0 Å².